The lowest BCUT2D eigenvalue weighted by atomic mass is 9.97. The Bertz CT molecular complexity index is 1060. The second-order valence-electron chi connectivity index (χ2n) is 9.43. The van der Waals surface area contributed by atoms with Crippen molar-refractivity contribution >= 4 is 27.5 Å². The Morgan fingerprint density at radius 2 is 1.59 bits per heavy atom. The number of hydrogen-bond donors (Lipinski definition) is 1. The van der Waals surface area contributed by atoms with Crippen LogP contribution in [0.25, 0.3) is 0 Å². The van der Waals surface area contributed by atoms with Crippen molar-refractivity contribution in [2.45, 2.75) is 50.9 Å². The molecule has 0 aliphatic carbocycles. The number of hydrogen-bond acceptors (Lipinski definition) is 4. The quantitative estimate of drug-likeness (QED) is 0.586. The SMILES string of the molecule is O=C(NCc1cccc(CN2CCCCC2)c1)C1CCN(S(=O)(=O)Cc2ccc(Cl)cc2)CC1. The first-order valence-corrected chi connectivity index (χ1v) is 14.2. The van der Waals surface area contributed by atoms with Gasteiger partial charge < -0.3 is 5.32 Å². The minimum Gasteiger partial charge on any atom is -0.352 e. The topological polar surface area (TPSA) is 69.7 Å². The van der Waals surface area contributed by atoms with Gasteiger partial charge in [-0.1, -0.05) is 54.4 Å². The number of carbonyl (C=O) groups is 1. The largest absolute Gasteiger partial charge is 0.352 e. The molecule has 1 N–H and O–H groups in total. The molecule has 0 aromatic heterocycles. The van der Waals surface area contributed by atoms with E-state index in [1.807, 2.05) is 6.07 Å². The summed E-state index contributed by atoms with van der Waals surface area (Å²) in [6.07, 6.45) is 4.96. The van der Waals surface area contributed by atoms with E-state index in [0.717, 1.165) is 25.2 Å². The van der Waals surface area contributed by atoms with Crippen molar-refractivity contribution in [3.05, 3.63) is 70.2 Å². The first-order chi connectivity index (χ1) is 16.4. The normalized spacial score (nSPS) is 18.6. The summed E-state index contributed by atoms with van der Waals surface area (Å²) >= 11 is 5.89. The van der Waals surface area contributed by atoms with Gasteiger partial charge in [0, 0.05) is 37.1 Å². The van der Waals surface area contributed by atoms with E-state index in [2.05, 4.69) is 28.4 Å². The van der Waals surface area contributed by atoms with Gasteiger partial charge in [0.25, 0.3) is 0 Å². The second-order valence-corrected chi connectivity index (χ2v) is 11.8. The van der Waals surface area contributed by atoms with Crippen LogP contribution in [0.1, 0.15) is 48.8 Å². The molecule has 184 valence electrons. The van der Waals surface area contributed by atoms with E-state index < -0.39 is 10.0 Å². The van der Waals surface area contributed by atoms with Gasteiger partial charge >= 0.3 is 0 Å². The van der Waals surface area contributed by atoms with E-state index in [0.29, 0.717) is 43.1 Å². The molecule has 0 bridgehead atoms. The predicted octanol–water partition coefficient (Wildman–Crippen LogP) is 4.18. The van der Waals surface area contributed by atoms with Crippen LogP contribution in [0, 0.1) is 5.92 Å². The highest BCUT2D eigenvalue weighted by molar-refractivity contribution is 7.88. The van der Waals surface area contributed by atoms with Crippen molar-refractivity contribution in [1.82, 2.24) is 14.5 Å². The fourth-order valence-corrected chi connectivity index (χ4v) is 6.52. The molecule has 2 saturated heterocycles. The molecule has 2 fully saturated rings. The number of amides is 1. The third-order valence-electron chi connectivity index (χ3n) is 6.79. The molecule has 0 unspecified atom stereocenters. The maximum absolute atomic E-state index is 12.8. The molecule has 8 heteroatoms. The van der Waals surface area contributed by atoms with Crippen LogP contribution in [0.15, 0.2) is 48.5 Å². The van der Waals surface area contributed by atoms with Gasteiger partial charge in [-0.05, 0) is 67.6 Å². The molecular weight excluding hydrogens is 470 g/mol. The maximum atomic E-state index is 12.8. The monoisotopic (exact) mass is 503 g/mol. The maximum Gasteiger partial charge on any atom is 0.223 e. The Morgan fingerprint density at radius 1 is 0.912 bits per heavy atom. The van der Waals surface area contributed by atoms with Gasteiger partial charge in [0.15, 0.2) is 0 Å². The minimum absolute atomic E-state index is 0.0104. The van der Waals surface area contributed by atoms with Crippen LogP contribution in [0.2, 0.25) is 5.02 Å². The van der Waals surface area contributed by atoms with Gasteiger partial charge in [0.1, 0.15) is 0 Å². The van der Waals surface area contributed by atoms with E-state index in [-0.39, 0.29) is 17.6 Å². The third-order valence-corrected chi connectivity index (χ3v) is 8.90. The van der Waals surface area contributed by atoms with Crippen molar-refractivity contribution < 1.29 is 13.2 Å². The van der Waals surface area contributed by atoms with Gasteiger partial charge in [0.2, 0.25) is 15.9 Å². The van der Waals surface area contributed by atoms with Crippen molar-refractivity contribution in [3.8, 4) is 0 Å². The van der Waals surface area contributed by atoms with E-state index in [1.54, 1.807) is 24.3 Å². The van der Waals surface area contributed by atoms with Gasteiger partial charge in [-0.2, -0.15) is 0 Å². The highest BCUT2D eigenvalue weighted by atomic mass is 35.5. The fourth-order valence-electron chi connectivity index (χ4n) is 4.83. The fraction of sp³-hybridized carbons (Fsp3) is 0.500. The molecule has 2 aromatic rings. The number of rotatable bonds is 8. The molecule has 2 heterocycles. The molecule has 6 nitrogen and oxygen atoms in total. The number of piperidine rings is 2. The van der Waals surface area contributed by atoms with Crippen LogP contribution < -0.4 is 5.32 Å². The minimum atomic E-state index is -3.42. The van der Waals surface area contributed by atoms with E-state index in [1.165, 1.54) is 29.1 Å². The summed E-state index contributed by atoms with van der Waals surface area (Å²) in [6, 6.07) is 15.3. The zero-order valence-corrected chi connectivity index (χ0v) is 21.2. The average molecular weight is 504 g/mol. The lowest BCUT2D eigenvalue weighted by Gasteiger charge is -2.30. The molecule has 2 aromatic carbocycles. The standard InChI is InChI=1S/C26H34ClN3O3S/c27-25-9-7-21(8-10-25)20-34(32,33)30-15-11-24(12-16-30)26(31)28-18-22-5-4-6-23(17-22)19-29-13-2-1-3-14-29/h4-10,17,24H,1-3,11-16,18-20H2,(H,28,31). The number of benzene rings is 2. The van der Waals surface area contributed by atoms with Crippen LogP contribution in [-0.2, 0) is 33.7 Å². The van der Waals surface area contributed by atoms with E-state index in [9.17, 15) is 13.2 Å². The molecule has 2 aliphatic rings. The number of nitrogens with zero attached hydrogens (tertiary/aromatic N) is 2. The zero-order valence-electron chi connectivity index (χ0n) is 19.6. The van der Waals surface area contributed by atoms with Crippen molar-refractivity contribution in [3.63, 3.8) is 0 Å². The number of sulfonamides is 1. The van der Waals surface area contributed by atoms with Crippen LogP contribution in [-0.4, -0.2) is 49.7 Å². The van der Waals surface area contributed by atoms with Crippen molar-refractivity contribution in [1.29, 1.82) is 0 Å². The molecule has 4 rings (SSSR count). The van der Waals surface area contributed by atoms with Gasteiger partial charge in [-0.15, -0.1) is 0 Å². The van der Waals surface area contributed by atoms with Gasteiger partial charge in [-0.25, -0.2) is 12.7 Å². The summed E-state index contributed by atoms with van der Waals surface area (Å²) in [5.74, 6) is -0.191. The molecule has 1 amide bonds. The molecule has 0 spiro atoms. The summed E-state index contributed by atoms with van der Waals surface area (Å²) < 4.78 is 27.1. The smallest absolute Gasteiger partial charge is 0.223 e. The Hall–Kier alpha value is -1.93. The van der Waals surface area contributed by atoms with Crippen LogP contribution >= 0.6 is 11.6 Å². The Kier molecular flexibility index (Phi) is 8.64. The first-order valence-electron chi connectivity index (χ1n) is 12.2. The number of carbonyl (C=O) groups excluding carboxylic acids is 1. The number of nitrogens with one attached hydrogen (secondary N) is 1. The van der Waals surface area contributed by atoms with Crippen molar-refractivity contribution in [2.75, 3.05) is 26.2 Å². The van der Waals surface area contributed by atoms with E-state index in [4.69, 9.17) is 11.6 Å². The van der Waals surface area contributed by atoms with Gasteiger partial charge in [0.05, 0.1) is 5.75 Å². The van der Waals surface area contributed by atoms with Crippen molar-refractivity contribution in [2.24, 2.45) is 5.92 Å². The molecule has 0 saturated carbocycles. The Morgan fingerprint density at radius 3 is 2.29 bits per heavy atom. The highest BCUT2D eigenvalue weighted by Gasteiger charge is 2.31. The first kappa shape index (κ1) is 25.2. The summed E-state index contributed by atoms with van der Waals surface area (Å²) in [5, 5.41) is 3.65. The summed E-state index contributed by atoms with van der Waals surface area (Å²) in [4.78, 5) is 15.2. The van der Waals surface area contributed by atoms with E-state index >= 15 is 0 Å². The zero-order chi connectivity index (χ0) is 24.0. The van der Waals surface area contributed by atoms with Crippen LogP contribution in [0.3, 0.4) is 0 Å². The van der Waals surface area contributed by atoms with Crippen LogP contribution in [0.4, 0.5) is 0 Å². The molecule has 0 atom stereocenters. The highest BCUT2D eigenvalue weighted by Crippen LogP contribution is 2.23. The summed E-state index contributed by atoms with van der Waals surface area (Å²) in [7, 11) is -3.42. The summed E-state index contributed by atoms with van der Waals surface area (Å²) in [6.45, 7) is 4.54. The number of halogens is 1. The predicted molar refractivity (Wildman–Crippen MR) is 136 cm³/mol. The lowest BCUT2D eigenvalue weighted by Crippen LogP contribution is -2.43. The Balaban J connectivity index is 1.23. The van der Waals surface area contributed by atoms with Crippen LogP contribution in [0.5, 0.6) is 0 Å². The number of likely N-dealkylation sites (tertiary alicyclic amines) is 1. The second kappa shape index (κ2) is 11.7. The average Bonchev–Trinajstić information content (AvgIpc) is 2.85. The lowest BCUT2D eigenvalue weighted by molar-refractivity contribution is -0.126. The molecular formula is C26H34ClN3O3S. The molecule has 0 radical (unpaired) electrons. The third kappa shape index (κ3) is 7.04. The Labute approximate surface area is 208 Å². The molecule has 34 heavy (non-hydrogen) atoms. The molecule has 2 aliphatic heterocycles. The van der Waals surface area contributed by atoms with Gasteiger partial charge in [-0.3, -0.25) is 9.69 Å². The summed E-state index contributed by atoms with van der Waals surface area (Å²) in [5.41, 5.74) is 3.10.